The molecule has 1 aliphatic carbocycles. The summed E-state index contributed by atoms with van der Waals surface area (Å²) >= 11 is 0. The van der Waals surface area contributed by atoms with E-state index in [0.29, 0.717) is 0 Å². The second kappa shape index (κ2) is 9.89. The molecule has 0 saturated heterocycles. The molecule has 1 aliphatic rings. The molecule has 1 fully saturated rings. The minimum atomic E-state index is -1.09. The first kappa shape index (κ1) is 22.4. The van der Waals surface area contributed by atoms with E-state index in [-0.39, 0.29) is 13.0 Å². The third kappa shape index (κ3) is 7.24. The molecule has 0 aromatic carbocycles. The topological polar surface area (TPSA) is 132 Å². The molecule has 0 aromatic heterocycles. The zero-order chi connectivity index (χ0) is 20.7. The number of ether oxygens (including phenoxy) is 5. The van der Waals surface area contributed by atoms with Crippen molar-refractivity contribution in [3.8, 4) is 0 Å². The van der Waals surface area contributed by atoms with Crippen LogP contribution in [0.15, 0.2) is 0 Å². The molecule has 0 spiro atoms. The van der Waals surface area contributed by atoms with E-state index in [1.54, 1.807) is 0 Å². The predicted molar refractivity (Wildman–Crippen MR) is 87.0 cm³/mol. The standard InChI is InChI=1S/C17H24O10/c1-8(18)23-7-15(25-10(3)20)13-6-14(24-9(2)19)17(27-12(5)22)16(13)26-11(4)21/h13-17H,6-7H2,1-5H3/t13-,14+,15-,16-,17-/m0/s1. The van der Waals surface area contributed by atoms with E-state index in [4.69, 9.17) is 23.7 Å². The van der Waals surface area contributed by atoms with Gasteiger partial charge in [-0.2, -0.15) is 0 Å². The van der Waals surface area contributed by atoms with Crippen molar-refractivity contribution in [1.29, 1.82) is 0 Å². The molecular weight excluding hydrogens is 364 g/mol. The lowest BCUT2D eigenvalue weighted by Gasteiger charge is -2.29. The highest BCUT2D eigenvalue weighted by molar-refractivity contribution is 5.69. The lowest BCUT2D eigenvalue weighted by atomic mass is 9.98. The first-order chi connectivity index (χ1) is 12.5. The van der Waals surface area contributed by atoms with Crippen molar-refractivity contribution >= 4 is 29.8 Å². The van der Waals surface area contributed by atoms with Crippen LogP contribution in [-0.4, -0.2) is 60.9 Å². The molecule has 10 heteroatoms. The maximum absolute atomic E-state index is 11.6. The van der Waals surface area contributed by atoms with Gasteiger partial charge in [-0.25, -0.2) is 0 Å². The van der Waals surface area contributed by atoms with E-state index in [1.807, 2.05) is 0 Å². The van der Waals surface area contributed by atoms with Crippen molar-refractivity contribution in [2.45, 2.75) is 65.5 Å². The summed E-state index contributed by atoms with van der Waals surface area (Å²) in [6.07, 6.45) is -3.99. The summed E-state index contributed by atoms with van der Waals surface area (Å²) in [4.78, 5) is 57.0. The Morgan fingerprint density at radius 3 is 1.70 bits per heavy atom. The summed E-state index contributed by atoms with van der Waals surface area (Å²) in [6.45, 7) is 5.56. The summed E-state index contributed by atoms with van der Waals surface area (Å²) in [5, 5.41) is 0. The van der Waals surface area contributed by atoms with Crippen molar-refractivity contribution in [3.63, 3.8) is 0 Å². The van der Waals surface area contributed by atoms with Crippen molar-refractivity contribution in [2.24, 2.45) is 5.92 Å². The van der Waals surface area contributed by atoms with Gasteiger partial charge in [-0.05, 0) is 6.42 Å². The Hall–Kier alpha value is -2.65. The van der Waals surface area contributed by atoms with E-state index in [9.17, 15) is 24.0 Å². The lowest BCUT2D eigenvalue weighted by Crippen LogP contribution is -2.43. The van der Waals surface area contributed by atoms with Crippen LogP contribution in [0.4, 0.5) is 0 Å². The number of rotatable bonds is 7. The van der Waals surface area contributed by atoms with Gasteiger partial charge in [-0.1, -0.05) is 0 Å². The summed E-state index contributed by atoms with van der Waals surface area (Å²) in [5.41, 5.74) is 0. The van der Waals surface area contributed by atoms with Gasteiger partial charge >= 0.3 is 29.8 Å². The normalized spacial score (nSPS) is 25.1. The van der Waals surface area contributed by atoms with Crippen LogP contribution in [-0.2, 0) is 47.7 Å². The molecule has 10 nitrogen and oxygen atoms in total. The Labute approximate surface area is 156 Å². The molecule has 0 bridgehead atoms. The first-order valence-corrected chi connectivity index (χ1v) is 8.33. The fourth-order valence-corrected chi connectivity index (χ4v) is 3.02. The fraction of sp³-hybridized carbons (Fsp3) is 0.706. The zero-order valence-corrected chi connectivity index (χ0v) is 15.9. The SMILES string of the molecule is CC(=O)OC[C@H](OC(C)=O)[C@@H]1C[C@@H](OC(C)=O)[C@H](OC(C)=O)[C@H]1OC(C)=O. The molecule has 0 aliphatic heterocycles. The third-order valence-corrected chi connectivity index (χ3v) is 3.78. The van der Waals surface area contributed by atoms with E-state index >= 15 is 0 Å². The zero-order valence-electron chi connectivity index (χ0n) is 15.9. The van der Waals surface area contributed by atoms with Crippen LogP contribution < -0.4 is 0 Å². The Morgan fingerprint density at radius 2 is 1.26 bits per heavy atom. The number of hydrogen-bond donors (Lipinski definition) is 0. The van der Waals surface area contributed by atoms with Gasteiger partial charge in [0.15, 0.2) is 6.10 Å². The molecule has 0 radical (unpaired) electrons. The summed E-state index contributed by atoms with van der Waals surface area (Å²) in [5.74, 6) is -3.93. The van der Waals surface area contributed by atoms with Crippen molar-refractivity contribution in [1.82, 2.24) is 0 Å². The van der Waals surface area contributed by atoms with E-state index in [0.717, 1.165) is 13.8 Å². The van der Waals surface area contributed by atoms with Gasteiger partial charge in [-0.3, -0.25) is 24.0 Å². The van der Waals surface area contributed by atoms with Gasteiger partial charge in [-0.15, -0.1) is 0 Å². The number of carbonyl (C=O) groups is 5. The van der Waals surface area contributed by atoms with Gasteiger partial charge in [0.05, 0.1) is 0 Å². The largest absolute Gasteiger partial charge is 0.462 e. The molecule has 1 rings (SSSR count). The maximum atomic E-state index is 11.6. The number of carbonyl (C=O) groups excluding carboxylic acids is 5. The Balaban J connectivity index is 3.20. The number of esters is 5. The van der Waals surface area contributed by atoms with Crippen molar-refractivity contribution < 1.29 is 47.7 Å². The highest BCUT2D eigenvalue weighted by Gasteiger charge is 2.53. The first-order valence-electron chi connectivity index (χ1n) is 8.33. The van der Waals surface area contributed by atoms with E-state index in [2.05, 4.69) is 0 Å². The average Bonchev–Trinajstić information content (AvgIpc) is 2.79. The Bertz CT molecular complexity index is 599. The van der Waals surface area contributed by atoms with Crippen LogP contribution in [0.5, 0.6) is 0 Å². The molecule has 0 N–H and O–H groups in total. The highest BCUT2D eigenvalue weighted by Crippen LogP contribution is 2.37. The maximum Gasteiger partial charge on any atom is 0.303 e. The number of hydrogen-bond acceptors (Lipinski definition) is 10. The average molecular weight is 388 g/mol. The third-order valence-electron chi connectivity index (χ3n) is 3.78. The van der Waals surface area contributed by atoms with E-state index < -0.39 is 60.2 Å². The Morgan fingerprint density at radius 1 is 0.741 bits per heavy atom. The molecule has 0 heterocycles. The summed E-state index contributed by atoms with van der Waals surface area (Å²) < 4.78 is 25.8. The van der Waals surface area contributed by atoms with Crippen molar-refractivity contribution in [3.05, 3.63) is 0 Å². The summed E-state index contributed by atoms with van der Waals surface area (Å²) in [7, 11) is 0. The fourth-order valence-electron chi connectivity index (χ4n) is 3.02. The van der Waals surface area contributed by atoms with Crippen LogP contribution in [0.2, 0.25) is 0 Å². The van der Waals surface area contributed by atoms with Gasteiger partial charge < -0.3 is 23.7 Å². The second-order valence-electron chi connectivity index (χ2n) is 6.15. The van der Waals surface area contributed by atoms with Crippen LogP contribution >= 0.6 is 0 Å². The molecule has 0 amide bonds. The highest BCUT2D eigenvalue weighted by atomic mass is 16.6. The van der Waals surface area contributed by atoms with Gasteiger partial charge in [0.2, 0.25) is 0 Å². The molecule has 27 heavy (non-hydrogen) atoms. The lowest BCUT2D eigenvalue weighted by molar-refractivity contribution is -0.180. The predicted octanol–water partition coefficient (Wildman–Crippen LogP) is 0.296. The second-order valence-corrected chi connectivity index (χ2v) is 6.15. The van der Waals surface area contributed by atoms with Gasteiger partial charge in [0.25, 0.3) is 0 Å². The van der Waals surface area contributed by atoms with Crippen LogP contribution in [0.1, 0.15) is 41.0 Å². The molecule has 5 atom stereocenters. The van der Waals surface area contributed by atoms with Crippen LogP contribution in [0.3, 0.4) is 0 Å². The molecule has 152 valence electrons. The smallest absolute Gasteiger partial charge is 0.303 e. The molecular formula is C17H24O10. The van der Waals surface area contributed by atoms with Crippen LogP contribution in [0, 0.1) is 5.92 Å². The molecule has 0 unspecified atom stereocenters. The summed E-state index contributed by atoms with van der Waals surface area (Å²) in [6, 6.07) is 0. The molecule has 0 aromatic rings. The Kier molecular flexibility index (Phi) is 8.20. The molecule has 1 saturated carbocycles. The van der Waals surface area contributed by atoms with Crippen molar-refractivity contribution in [2.75, 3.05) is 6.61 Å². The van der Waals surface area contributed by atoms with Gasteiger partial charge in [0.1, 0.15) is 24.9 Å². The minimum absolute atomic E-state index is 0.0642. The van der Waals surface area contributed by atoms with Gasteiger partial charge in [0, 0.05) is 40.5 Å². The quantitative estimate of drug-likeness (QED) is 0.443. The van der Waals surface area contributed by atoms with E-state index in [1.165, 1.54) is 20.8 Å². The monoisotopic (exact) mass is 388 g/mol. The minimum Gasteiger partial charge on any atom is -0.462 e. The van der Waals surface area contributed by atoms with Crippen LogP contribution in [0.25, 0.3) is 0 Å².